The summed E-state index contributed by atoms with van der Waals surface area (Å²) in [5, 5.41) is 10.9. The summed E-state index contributed by atoms with van der Waals surface area (Å²) in [5.74, 6) is 0.226. The van der Waals surface area contributed by atoms with E-state index in [4.69, 9.17) is 12.2 Å². The Bertz CT molecular complexity index is 1360. The fraction of sp³-hybridized carbons (Fsp3) is 0.105. The Morgan fingerprint density at radius 1 is 1.41 bits per heavy atom. The number of nitrogens with zero attached hydrogens (tertiary/aromatic N) is 3. The van der Waals surface area contributed by atoms with Crippen molar-refractivity contribution in [3.8, 4) is 10.7 Å². The first-order valence-electron chi connectivity index (χ1n) is 8.65. The number of hydrogen-bond acceptors (Lipinski definition) is 6. The van der Waals surface area contributed by atoms with E-state index in [1.54, 1.807) is 28.8 Å². The predicted molar refractivity (Wildman–Crippen MR) is 116 cm³/mol. The first-order chi connectivity index (χ1) is 14.0. The van der Waals surface area contributed by atoms with Crippen LogP contribution in [0.25, 0.3) is 21.6 Å². The van der Waals surface area contributed by atoms with Gasteiger partial charge in [-0.3, -0.25) is 24.6 Å². The summed E-state index contributed by atoms with van der Waals surface area (Å²) in [7, 11) is 0. The highest BCUT2D eigenvalue weighted by Gasteiger charge is 2.18. The third-order valence-electron chi connectivity index (χ3n) is 4.29. The summed E-state index contributed by atoms with van der Waals surface area (Å²) >= 11 is 6.54. The lowest BCUT2D eigenvalue weighted by atomic mass is 10.1. The van der Waals surface area contributed by atoms with Gasteiger partial charge in [-0.25, -0.2) is 4.98 Å². The summed E-state index contributed by atoms with van der Waals surface area (Å²) in [6.07, 6.45) is 1.73. The second kappa shape index (κ2) is 7.57. The molecule has 1 aromatic carbocycles. The number of aryl methyl sites for hydroxylation is 1. The monoisotopic (exact) mass is 424 g/mol. The fourth-order valence-corrected chi connectivity index (χ4v) is 4.17. The lowest BCUT2D eigenvalue weighted by Gasteiger charge is -2.05. The topological polar surface area (TPSA) is 108 Å². The first-order valence-corrected chi connectivity index (χ1v) is 9.87. The van der Waals surface area contributed by atoms with Gasteiger partial charge in [0.2, 0.25) is 5.56 Å². The van der Waals surface area contributed by atoms with Gasteiger partial charge in [0, 0.05) is 23.5 Å². The molecule has 0 unspecified atom stereocenters. The van der Waals surface area contributed by atoms with Gasteiger partial charge in [0.25, 0.3) is 5.91 Å². The molecule has 4 rings (SSSR count). The number of benzene rings is 1. The van der Waals surface area contributed by atoms with Crippen molar-refractivity contribution in [1.82, 2.24) is 24.7 Å². The van der Waals surface area contributed by atoms with Gasteiger partial charge in [0.15, 0.2) is 15.7 Å². The van der Waals surface area contributed by atoms with Gasteiger partial charge in [0.05, 0.1) is 16.1 Å². The van der Waals surface area contributed by atoms with E-state index in [0.29, 0.717) is 38.9 Å². The highest BCUT2D eigenvalue weighted by molar-refractivity contribution is 7.71. The van der Waals surface area contributed by atoms with E-state index in [1.165, 1.54) is 17.4 Å². The molecule has 0 saturated heterocycles. The smallest absolute Gasteiger partial charge is 0.258 e. The minimum Gasteiger partial charge on any atom is -0.322 e. The highest BCUT2D eigenvalue weighted by Crippen LogP contribution is 2.32. The molecule has 0 aliphatic rings. The molecule has 146 valence electrons. The number of H-pyrrole nitrogens is 2. The molecule has 29 heavy (non-hydrogen) atoms. The molecule has 0 spiro atoms. The fourth-order valence-electron chi connectivity index (χ4n) is 3.00. The molecule has 3 N–H and O–H groups in total. The molecule has 0 aliphatic heterocycles. The van der Waals surface area contributed by atoms with E-state index in [1.807, 2.05) is 13.0 Å². The first kappa shape index (κ1) is 19.0. The van der Waals surface area contributed by atoms with Crippen LogP contribution >= 0.6 is 23.6 Å². The third-order valence-corrected chi connectivity index (χ3v) is 5.67. The number of aromatic amines is 2. The van der Waals surface area contributed by atoms with Gasteiger partial charge in [-0.15, -0.1) is 6.58 Å². The third kappa shape index (κ3) is 3.55. The van der Waals surface area contributed by atoms with Crippen molar-refractivity contribution < 1.29 is 4.79 Å². The quantitative estimate of drug-likeness (QED) is 0.335. The number of nitrogens with one attached hydrogen (secondary N) is 3. The minimum absolute atomic E-state index is 0.285. The van der Waals surface area contributed by atoms with Gasteiger partial charge in [-0.2, -0.15) is 5.10 Å². The van der Waals surface area contributed by atoms with Crippen molar-refractivity contribution in [1.29, 1.82) is 0 Å². The second-order valence-electron chi connectivity index (χ2n) is 6.23. The van der Waals surface area contributed by atoms with E-state index in [2.05, 4.69) is 32.1 Å². The second-order valence-corrected chi connectivity index (χ2v) is 7.62. The van der Waals surface area contributed by atoms with Crippen molar-refractivity contribution in [3.63, 3.8) is 0 Å². The Balaban J connectivity index is 1.70. The molecule has 10 heteroatoms. The summed E-state index contributed by atoms with van der Waals surface area (Å²) < 4.78 is 2.28. The molecule has 0 aliphatic carbocycles. The molecule has 0 fully saturated rings. The van der Waals surface area contributed by atoms with Gasteiger partial charge in [-0.05, 0) is 25.2 Å². The van der Waals surface area contributed by atoms with E-state index in [-0.39, 0.29) is 11.1 Å². The van der Waals surface area contributed by atoms with Crippen molar-refractivity contribution in [2.24, 2.45) is 0 Å². The van der Waals surface area contributed by atoms with Gasteiger partial charge in [0.1, 0.15) is 0 Å². The van der Waals surface area contributed by atoms with Crippen molar-refractivity contribution in [2.75, 3.05) is 5.32 Å². The van der Waals surface area contributed by atoms with Crippen molar-refractivity contribution in [2.45, 2.75) is 13.5 Å². The number of para-hydroxylation sites is 1. The molecule has 1 amide bonds. The Morgan fingerprint density at radius 2 is 2.21 bits per heavy atom. The van der Waals surface area contributed by atoms with E-state index >= 15 is 0 Å². The number of carbonyl (C=O) groups is 1. The number of pyridine rings is 1. The largest absolute Gasteiger partial charge is 0.322 e. The Hall–Kier alpha value is -3.37. The molecule has 4 aromatic rings. The van der Waals surface area contributed by atoms with Crippen LogP contribution in [0.5, 0.6) is 0 Å². The number of hydrogen-bond donors (Lipinski definition) is 3. The number of aromatic nitrogens is 5. The average Bonchev–Trinajstić information content (AvgIpc) is 3.23. The number of anilines is 1. The molecular weight excluding hydrogens is 408 g/mol. The SMILES string of the molecule is C=CCn1c(-c2sc(NC(=O)c3cc(=O)[nH]c4ccccc34)nc2C)n[nH]c1=S. The standard InChI is InChI=1S/C19H16N6O2S2/c1-3-8-25-16(23-24-19(25)28)15-10(2)20-18(29-15)22-17(27)12-9-14(26)21-13-7-5-4-6-11(12)13/h3-7,9H,1,8H2,2H3,(H,21,26)(H,24,28)(H,20,22,27). The number of fused-ring (bicyclic) bond motifs is 1. The Kier molecular flexibility index (Phi) is 4.95. The van der Waals surface area contributed by atoms with E-state index < -0.39 is 5.91 Å². The zero-order valence-corrected chi connectivity index (χ0v) is 17.0. The highest BCUT2D eigenvalue weighted by atomic mass is 32.1. The molecule has 0 atom stereocenters. The normalized spacial score (nSPS) is 10.9. The Labute approximate surface area is 174 Å². The van der Waals surface area contributed by atoms with Gasteiger partial charge in [-0.1, -0.05) is 35.6 Å². The number of carbonyl (C=O) groups excluding carboxylic acids is 1. The van der Waals surface area contributed by atoms with E-state index in [9.17, 15) is 9.59 Å². The summed E-state index contributed by atoms with van der Waals surface area (Å²) in [5.41, 5.74) is 1.25. The molecule has 3 heterocycles. The zero-order valence-electron chi connectivity index (χ0n) is 15.4. The maximum Gasteiger partial charge on any atom is 0.258 e. The maximum atomic E-state index is 12.9. The van der Waals surface area contributed by atoms with Crippen LogP contribution in [-0.2, 0) is 6.54 Å². The van der Waals surface area contributed by atoms with Crippen LogP contribution < -0.4 is 10.9 Å². The molecular formula is C19H16N6O2S2. The molecule has 3 aromatic heterocycles. The zero-order chi connectivity index (χ0) is 20.5. The molecule has 0 radical (unpaired) electrons. The average molecular weight is 425 g/mol. The summed E-state index contributed by atoms with van der Waals surface area (Å²) in [4.78, 5) is 32.7. The van der Waals surface area contributed by atoms with Crippen LogP contribution in [0.3, 0.4) is 0 Å². The van der Waals surface area contributed by atoms with Crippen LogP contribution in [-0.4, -0.2) is 30.6 Å². The number of thiazole rings is 1. The summed E-state index contributed by atoms with van der Waals surface area (Å²) in [6, 6.07) is 8.43. The number of rotatable bonds is 5. The van der Waals surface area contributed by atoms with Crippen LogP contribution in [0.4, 0.5) is 5.13 Å². The van der Waals surface area contributed by atoms with Crippen LogP contribution in [0, 0.1) is 11.7 Å². The van der Waals surface area contributed by atoms with Crippen molar-refractivity contribution >= 4 is 45.5 Å². The molecule has 0 saturated carbocycles. The van der Waals surface area contributed by atoms with Gasteiger partial charge >= 0.3 is 0 Å². The van der Waals surface area contributed by atoms with Crippen LogP contribution in [0.2, 0.25) is 0 Å². The predicted octanol–water partition coefficient (Wildman–Crippen LogP) is 3.65. The Morgan fingerprint density at radius 3 is 3.00 bits per heavy atom. The lowest BCUT2D eigenvalue weighted by Crippen LogP contribution is -2.16. The van der Waals surface area contributed by atoms with E-state index in [0.717, 1.165) is 4.88 Å². The van der Waals surface area contributed by atoms with Crippen LogP contribution in [0.15, 0.2) is 47.8 Å². The number of allylic oxidation sites excluding steroid dienone is 1. The summed E-state index contributed by atoms with van der Waals surface area (Å²) in [6.45, 7) is 6.07. The number of amides is 1. The van der Waals surface area contributed by atoms with Crippen molar-refractivity contribution in [3.05, 3.63) is 69.4 Å². The van der Waals surface area contributed by atoms with Crippen LogP contribution in [0.1, 0.15) is 16.1 Å². The molecule has 8 nitrogen and oxygen atoms in total. The molecule has 0 bridgehead atoms. The lowest BCUT2D eigenvalue weighted by molar-refractivity contribution is 0.102. The maximum absolute atomic E-state index is 12.9. The minimum atomic E-state index is -0.405. The van der Waals surface area contributed by atoms with Gasteiger partial charge < -0.3 is 4.98 Å².